The van der Waals surface area contributed by atoms with Gasteiger partial charge in [0.25, 0.3) is 0 Å². The molecule has 0 aliphatic carbocycles. The van der Waals surface area contributed by atoms with E-state index in [2.05, 4.69) is 15.0 Å². The highest BCUT2D eigenvalue weighted by molar-refractivity contribution is 5.99. The van der Waals surface area contributed by atoms with Crippen molar-refractivity contribution in [1.29, 1.82) is 0 Å². The number of amides is 1. The Morgan fingerprint density at radius 2 is 2.29 bits per heavy atom. The number of aromatic nitrogens is 3. The molecule has 0 aromatic carbocycles. The number of likely N-dealkylation sites (N-methyl/N-ethyl adjacent to an activating group) is 1. The van der Waals surface area contributed by atoms with Crippen molar-refractivity contribution >= 4 is 11.6 Å². The number of hydrogen-bond acceptors (Lipinski definition) is 4. The number of nitrogens with zero attached hydrogens (tertiary/aromatic N) is 5. The van der Waals surface area contributed by atoms with Crippen LogP contribution in [0.3, 0.4) is 0 Å². The van der Waals surface area contributed by atoms with Gasteiger partial charge in [-0.3, -0.25) is 19.4 Å². The minimum atomic E-state index is -0.0783. The molecule has 1 fully saturated rings. The lowest BCUT2D eigenvalue weighted by atomic mass is 10.2. The Labute approximate surface area is 124 Å². The lowest BCUT2D eigenvalue weighted by Crippen LogP contribution is -2.39. The number of carbonyl (C=O) groups excluding carboxylic acids is 1. The van der Waals surface area contributed by atoms with E-state index in [1.807, 2.05) is 43.5 Å². The van der Waals surface area contributed by atoms with Gasteiger partial charge in [0.15, 0.2) is 0 Å². The Bertz CT molecular complexity index is 624. The summed E-state index contributed by atoms with van der Waals surface area (Å²) >= 11 is 0. The van der Waals surface area contributed by atoms with E-state index in [1.54, 1.807) is 17.1 Å². The van der Waals surface area contributed by atoms with Crippen LogP contribution in [0.4, 0.5) is 5.69 Å². The molecule has 1 unspecified atom stereocenters. The van der Waals surface area contributed by atoms with Gasteiger partial charge in [-0.1, -0.05) is 6.07 Å². The van der Waals surface area contributed by atoms with Gasteiger partial charge in [-0.25, -0.2) is 0 Å². The average Bonchev–Trinajstić information content (AvgIpc) is 3.06. The van der Waals surface area contributed by atoms with Crippen LogP contribution in [-0.4, -0.2) is 45.2 Å². The molecule has 1 amide bonds. The van der Waals surface area contributed by atoms with Crippen molar-refractivity contribution in [2.75, 3.05) is 18.5 Å². The van der Waals surface area contributed by atoms with Crippen LogP contribution in [0.2, 0.25) is 0 Å². The first-order valence-electron chi connectivity index (χ1n) is 7.04. The summed E-state index contributed by atoms with van der Waals surface area (Å²) in [6, 6.07) is 3.87. The second-order valence-electron chi connectivity index (χ2n) is 5.44. The summed E-state index contributed by atoms with van der Waals surface area (Å²) in [6.45, 7) is 1.47. The van der Waals surface area contributed by atoms with Crippen molar-refractivity contribution in [3.63, 3.8) is 0 Å². The molecule has 3 rings (SSSR count). The van der Waals surface area contributed by atoms with Crippen LogP contribution in [0.5, 0.6) is 0 Å². The molecule has 6 nitrogen and oxygen atoms in total. The molecule has 0 N–H and O–H groups in total. The summed E-state index contributed by atoms with van der Waals surface area (Å²) in [6.07, 6.45) is 8.05. The second kappa shape index (κ2) is 5.65. The summed E-state index contributed by atoms with van der Waals surface area (Å²) in [5, 5.41) is 4.13. The molecule has 0 spiro atoms. The molecular formula is C15H19N5O. The Kier molecular flexibility index (Phi) is 3.70. The van der Waals surface area contributed by atoms with Gasteiger partial charge in [-0.15, -0.1) is 0 Å². The van der Waals surface area contributed by atoms with Gasteiger partial charge in [-0.05, 0) is 25.1 Å². The highest BCUT2D eigenvalue weighted by Crippen LogP contribution is 2.24. The van der Waals surface area contributed by atoms with Gasteiger partial charge < -0.3 is 4.90 Å². The van der Waals surface area contributed by atoms with E-state index in [9.17, 15) is 4.79 Å². The number of rotatable bonds is 4. The van der Waals surface area contributed by atoms with Crippen LogP contribution in [-0.2, 0) is 18.4 Å². The van der Waals surface area contributed by atoms with E-state index in [0.717, 1.165) is 30.8 Å². The molecule has 0 radical (unpaired) electrons. The molecule has 1 saturated heterocycles. The highest BCUT2D eigenvalue weighted by Gasteiger charge is 2.35. The number of carbonyl (C=O) groups is 1. The molecule has 0 saturated carbocycles. The van der Waals surface area contributed by atoms with Crippen LogP contribution in [0.1, 0.15) is 12.0 Å². The van der Waals surface area contributed by atoms with Crippen LogP contribution in [0.25, 0.3) is 0 Å². The molecule has 1 atom stereocenters. The molecule has 3 heterocycles. The molecule has 1 aliphatic rings. The number of anilines is 1. The van der Waals surface area contributed by atoms with E-state index in [1.165, 1.54) is 0 Å². The Balaban J connectivity index is 1.68. The van der Waals surface area contributed by atoms with Crippen molar-refractivity contribution in [2.24, 2.45) is 7.05 Å². The Morgan fingerprint density at radius 1 is 1.43 bits per heavy atom. The maximum absolute atomic E-state index is 12.6. The summed E-state index contributed by atoms with van der Waals surface area (Å²) in [4.78, 5) is 20.6. The lowest BCUT2D eigenvalue weighted by Gasteiger charge is -2.23. The first-order chi connectivity index (χ1) is 10.1. The zero-order valence-corrected chi connectivity index (χ0v) is 12.3. The minimum Gasteiger partial charge on any atom is -0.308 e. The van der Waals surface area contributed by atoms with Crippen molar-refractivity contribution in [2.45, 2.75) is 19.0 Å². The first-order valence-corrected chi connectivity index (χ1v) is 7.04. The summed E-state index contributed by atoms with van der Waals surface area (Å²) in [7, 11) is 3.85. The van der Waals surface area contributed by atoms with Gasteiger partial charge in [0.2, 0.25) is 5.91 Å². The fourth-order valence-electron chi connectivity index (χ4n) is 2.77. The van der Waals surface area contributed by atoms with Crippen LogP contribution in [0, 0.1) is 0 Å². The summed E-state index contributed by atoms with van der Waals surface area (Å²) in [5.41, 5.74) is 1.99. The van der Waals surface area contributed by atoms with Crippen molar-refractivity contribution in [3.8, 4) is 0 Å². The third kappa shape index (κ3) is 2.80. The lowest BCUT2D eigenvalue weighted by molar-refractivity contribution is -0.121. The molecule has 1 aliphatic heterocycles. The van der Waals surface area contributed by atoms with E-state index in [4.69, 9.17) is 0 Å². The minimum absolute atomic E-state index is 0.0783. The molecule has 110 valence electrons. The first kappa shape index (κ1) is 13.8. The van der Waals surface area contributed by atoms with E-state index in [0.29, 0.717) is 0 Å². The molecule has 21 heavy (non-hydrogen) atoms. The fourth-order valence-corrected chi connectivity index (χ4v) is 2.77. The highest BCUT2D eigenvalue weighted by atomic mass is 16.2. The van der Waals surface area contributed by atoms with Gasteiger partial charge in [0.05, 0.1) is 17.9 Å². The van der Waals surface area contributed by atoms with Crippen molar-refractivity contribution in [3.05, 3.63) is 42.5 Å². The molecule has 2 aromatic heterocycles. The van der Waals surface area contributed by atoms with E-state index in [-0.39, 0.29) is 11.9 Å². The topological polar surface area (TPSA) is 54.3 Å². The van der Waals surface area contributed by atoms with Gasteiger partial charge in [-0.2, -0.15) is 5.10 Å². The predicted molar refractivity (Wildman–Crippen MR) is 79.7 cm³/mol. The molecule has 0 bridgehead atoms. The van der Waals surface area contributed by atoms with Gasteiger partial charge in [0.1, 0.15) is 0 Å². The Hall–Kier alpha value is -2.21. The zero-order valence-electron chi connectivity index (χ0n) is 12.3. The number of hydrogen-bond donors (Lipinski definition) is 0. The van der Waals surface area contributed by atoms with Crippen LogP contribution < -0.4 is 4.90 Å². The van der Waals surface area contributed by atoms with Crippen molar-refractivity contribution in [1.82, 2.24) is 19.7 Å². The van der Waals surface area contributed by atoms with Crippen LogP contribution >= 0.6 is 0 Å². The smallest absolute Gasteiger partial charge is 0.244 e. The van der Waals surface area contributed by atoms with Crippen molar-refractivity contribution < 1.29 is 4.79 Å². The fraction of sp³-hybridized carbons (Fsp3) is 0.400. The molecule has 6 heteroatoms. The van der Waals surface area contributed by atoms with Gasteiger partial charge in [0, 0.05) is 38.7 Å². The SMILES string of the molecule is CN(Cc1cccnc1)C1CCN(c2cnn(C)c2)C1=O. The zero-order chi connectivity index (χ0) is 14.8. The quantitative estimate of drug-likeness (QED) is 0.842. The number of pyridine rings is 1. The summed E-state index contributed by atoms with van der Waals surface area (Å²) < 4.78 is 1.72. The monoisotopic (exact) mass is 285 g/mol. The van der Waals surface area contributed by atoms with E-state index >= 15 is 0 Å². The maximum Gasteiger partial charge on any atom is 0.244 e. The maximum atomic E-state index is 12.6. The number of aryl methyl sites for hydroxylation is 1. The van der Waals surface area contributed by atoms with E-state index < -0.39 is 0 Å². The van der Waals surface area contributed by atoms with Crippen LogP contribution in [0.15, 0.2) is 36.9 Å². The normalized spacial score (nSPS) is 18.7. The predicted octanol–water partition coefficient (Wildman–Crippen LogP) is 1.05. The Morgan fingerprint density at radius 3 is 2.95 bits per heavy atom. The van der Waals surface area contributed by atoms with Gasteiger partial charge >= 0.3 is 0 Å². The average molecular weight is 285 g/mol. The largest absolute Gasteiger partial charge is 0.308 e. The molecular weight excluding hydrogens is 266 g/mol. The third-order valence-corrected chi connectivity index (χ3v) is 3.87. The molecule has 2 aromatic rings. The standard InChI is InChI=1S/C15H19N5O/c1-18(10-12-4-3-6-16-8-12)14-5-7-20(15(14)21)13-9-17-19(2)11-13/h3-4,6,8-9,11,14H,5,7,10H2,1-2H3. The second-order valence-corrected chi connectivity index (χ2v) is 5.44. The third-order valence-electron chi connectivity index (χ3n) is 3.87. The summed E-state index contributed by atoms with van der Waals surface area (Å²) in [5.74, 6) is 0.148.